The number of fused-ring (bicyclic) bond motifs is 3. The molecule has 0 amide bonds. The van der Waals surface area contributed by atoms with Crippen molar-refractivity contribution in [3.63, 3.8) is 0 Å². The number of imidazole rings is 3. The summed E-state index contributed by atoms with van der Waals surface area (Å²) < 4.78 is 120. The lowest BCUT2D eigenvalue weighted by Crippen LogP contribution is -2.31. The molecule has 83 heavy (non-hydrogen) atoms. The average Bonchev–Trinajstić information content (AvgIpc) is 4.50. The van der Waals surface area contributed by atoms with Crippen LogP contribution in [-0.4, -0.2) is 162 Å². The van der Waals surface area contributed by atoms with Gasteiger partial charge in [-0.05, 0) is 18.9 Å². The van der Waals surface area contributed by atoms with Crippen molar-refractivity contribution in [2.75, 3.05) is 49.4 Å². The molecule has 448 valence electrons. The summed E-state index contributed by atoms with van der Waals surface area (Å²) in [6.07, 6.45) is -6.91. The Labute approximate surface area is 462 Å². The molecule has 40 nitrogen and oxygen atoms in total. The molecule has 4 aliphatic rings. The van der Waals surface area contributed by atoms with Crippen LogP contribution in [0.1, 0.15) is 57.0 Å². The molecule has 0 radical (unpaired) electrons. The van der Waals surface area contributed by atoms with Crippen LogP contribution in [0, 0.1) is 0 Å². The summed E-state index contributed by atoms with van der Waals surface area (Å²) in [6, 6.07) is 1.24. The van der Waals surface area contributed by atoms with Crippen molar-refractivity contribution in [1.82, 2.24) is 68.1 Å². The number of aromatic amines is 1. The van der Waals surface area contributed by atoms with Gasteiger partial charge in [-0.1, -0.05) is 0 Å². The van der Waals surface area contributed by atoms with Crippen LogP contribution in [0.5, 0.6) is 0 Å². The molecule has 0 saturated carbocycles. The summed E-state index contributed by atoms with van der Waals surface area (Å²) in [7, 11) is -20.9. The Bertz CT molecular complexity index is 3880. The molecule has 44 heteroatoms. The van der Waals surface area contributed by atoms with Crippen LogP contribution in [0.4, 0.5) is 23.4 Å². The second-order valence-corrected chi connectivity index (χ2v) is 24.3. The standard InChI is InChI=1S/C39H50N18O22P4/c40-24-3-4-54(39(59)51-24)26-5-18(22(74-26)10-71-83(67,68)79-19-6-27(75-21(19)9-69-80(60,61)62)56-15-49-30-33(42)45-13-47-35(30)56)78-82(65,66)72-11-23-20(7-28(76-23)57-16-50-31-36(57)52-38(43)53-37(31)58)77-81(63,64)70-8-17-1-2-25(73-17)55-14-48-29-32(41)44-12-46-34(29)55/h3-4,12-23,25-28H,1-2,5-11H2,(H,63,64)(H,65,66)(H,67,68)(H2,40,51,59)(H2,41,44,46)(H2,42,45,47)(H2,60,61,62)(H3,43,52,53,58)/t17-,18+,19+,20+,21+,22+,23+,25+,26+,27+,28+/m0/s1. The van der Waals surface area contributed by atoms with Gasteiger partial charge in [-0.3, -0.25) is 59.7 Å². The number of hydrogen-bond donors (Lipinski definition) is 10. The third-order valence-electron chi connectivity index (χ3n) is 13.4. The fraction of sp³-hybridized carbons (Fsp3) is 0.513. The minimum Gasteiger partial charge on any atom is -0.383 e. The molecule has 4 fully saturated rings. The van der Waals surface area contributed by atoms with Gasteiger partial charge < -0.3 is 66.3 Å². The number of phosphoric acid groups is 4. The predicted molar refractivity (Wildman–Crippen MR) is 274 cm³/mol. The minimum absolute atomic E-state index is 0.0167. The first kappa shape index (κ1) is 58.6. The Balaban J connectivity index is 0.778. The topological polar surface area (TPSA) is 561 Å². The smallest absolute Gasteiger partial charge is 0.383 e. The monoisotopic (exact) mass is 1250 g/mol. The van der Waals surface area contributed by atoms with Crippen molar-refractivity contribution in [1.29, 1.82) is 0 Å². The van der Waals surface area contributed by atoms with Gasteiger partial charge in [-0.15, -0.1) is 0 Å². The lowest BCUT2D eigenvalue weighted by Gasteiger charge is -2.25. The van der Waals surface area contributed by atoms with Crippen LogP contribution in [0.2, 0.25) is 0 Å². The van der Waals surface area contributed by atoms with Gasteiger partial charge in [0.05, 0.1) is 51.5 Å². The average molecular weight is 1250 g/mol. The second kappa shape index (κ2) is 23.0. The molecular formula is C39H50N18O22P4. The van der Waals surface area contributed by atoms with E-state index in [2.05, 4.69) is 54.4 Å². The fourth-order valence-corrected chi connectivity index (χ4v) is 12.9. The van der Waals surface area contributed by atoms with Gasteiger partial charge in [-0.2, -0.15) is 9.97 Å². The summed E-state index contributed by atoms with van der Waals surface area (Å²) in [5, 5.41) is 0. The maximum Gasteiger partial charge on any atom is 0.472 e. The number of nitrogens with two attached hydrogens (primary N) is 4. The van der Waals surface area contributed by atoms with E-state index in [1.54, 1.807) is 4.57 Å². The van der Waals surface area contributed by atoms with Gasteiger partial charge in [0.25, 0.3) is 5.56 Å². The highest BCUT2D eigenvalue weighted by Gasteiger charge is 2.48. The molecule has 3 unspecified atom stereocenters. The van der Waals surface area contributed by atoms with E-state index in [-0.39, 0.29) is 58.6 Å². The number of phosphoric ester groups is 4. The maximum atomic E-state index is 14.0. The van der Waals surface area contributed by atoms with Crippen LogP contribution in [-0.2, 0) is 68.9 Å². The normalized spacial score (nSPS) is 28.1. The Morgan fingerprint density at radius 3 is 1.51 bits per heavy atom. The number of nitrogens with one attached hydrogen (secondary N) is 1. The van der Waals surface area contributed by atoms with Crippen molar-refractivity contribution in [2.24, 2.45) is 0 Å². The minimum atomic E-state index is -5.39. The number of nitrogens with zero attached hydrogens (tertiary/aromatic N) is 13. The van der Waals surface area contributed by atoms with Gasteiger partial charge in [-0.25, -0.2) is 57.9 Å². The molecule has 7 aromatic rings. The fourth-order valence-electron chi connectivity index (χ4n) is 9.66. The molecule has 7 aromatic heterocycles. The van der Waals surface area contributed by atoms with Crippen LogP contribution < -0.4 is 34.2 Å². The Morgan fingerprint density at radius 2 is 1.00 bits per heavy atom. The molecule has 4 aliphatic heterocycles. The first-order chi connectivity index (χ1) is 39.3. The second-order valence-electron chi connectivity index (χ2n) is 18.9. The van der Waals surface area contributed by atoms with E-state index in [0.29, 0.717) is 24.0 Å². The number of hydrogen-bond acceptors (Lipinski definition) is 30. The largest absolute Gasteiger partial charge is 0.472 e. The van der Waals surface area contributed by atoms with E-state index in [9.17, 15) is 52.3 Å². The Hall–Kier alpha value is -6.19. The van der Waals surface area contributed by atoms with E-state index in [1.807, 2.05) is 0 Å². The zero-order valence-corrected chi connectivity index (χ0v) is 45.9. The number of rotatable bonds is 22. The van der Waals surface area contributed by atoms with E-state index in [0.717, 1.165) is 10.9 Å². The first-order valence-electron chi connectivity index (χ1n) is 24.6. The maximum absolute atomic E-state index is 14.0. The number of nitrogen functional groups attached to an aromatic ring is 4. The number of ether oxygens (including phenoxy) is 4. The number of H-pyrrole nitrogens is 1. The Morgan fingerprint density at radius 1 is 0.542 bits per heavy atom. The van der Waals surface area contributed by atoms with Crippen LogP contribution in [0.15, 0.2) is 53.5 Å². The summed E-state index contributed by atoms with van der Waals surface area (Å²) >= 11 is 0. The molecule has 11 rings (SSSR count). The molecule has 0 aromatic carbocycles. The van der Waals surface area contributed by atoms with Crippen LogP contribution in [0.3, 0.4) is 0 Å². The molecular weight excluding hydrogens is 1200 g/mol. The summed E-state index contributed by atoms with van der Waals surface area (Å²) in [4.78, 5) is 117. The third-order valence-corrected chi connectivity index (χ3v) is 16.9. The molecule has 14 atom stereocenters. The van der Waals surface area contributed by atoms with Gasteiger partial charge in [0.15, 0.2) is 34.1 Å². The van der Waals surface area contributed by atoms with E-state index >= 15 is 0 Å². The van der Waals surface area contributed by atoms with Crippen molar-refractivity contribution >= 4 is 88.2 Å². The zero-order valence-electron chi connectivity index (χ0n) is 42.3. The van der Waals surface area contributed by atoms with Crippen molar-refractivity contribution in [3.8, 4) is 0 Å². The zero-order chi connectivity index (χ0) is 58.8. The van der Waals surface area contributed by atoms with Crippen molar-refractivity contribution in [3.05, 3.63) is 64.7 Å². The number of anilines is 4. The number of aromatic nitrogens is 14. The van der Waals surface area contributed by atoms with Gasteiger partial charge in [0.1, 0.15) is 91.0 Å². The van der Waals surface area contributed by atoms with E-state index in [4.69, 9.17) is 69.0 Å². The quantitative estimate of drug-likeness (QED) is 0.0384. The molecule has 0 spiro atoms. The van der Waals surface area contributed by atoms with Crippen LogP contribution >= 0.6 is 31.3 Å². The lowest BCUT2D eigenvalue weighted by molar-refractivity contribution is -0.0613. The summed E-state index contributed by atoms with van der Waals surface area (Å²) in [5.41, 5.74) is 22.6. The predicted octanol–water partition coefficient (Wildman–Crippen LogP) is -0.459. The van der Waals surface area contributed by atoms with E-state index < -0.39 is 143 Å². The highest BCUT2D eigenvalue weighted by Crippen LogP contribution is 2.54. The molecule has 14 N–H and O–H groups in total. The Kier molecular flexibility index (Phi) is 16.2. The molecule has 11 heterocycles. The highest BCUT2D eigenvalue weighted by molar-refractivity contribution is 7.48. The third kappa shape index (κ3) is 13.1. The summed E-state index contributed by atoms with van der Waals surface area (Å²) in [5.74, 6) is -0.276. The molecule has 0 bridgehead atoms. The lowest BCUT2D eigenvalue weighted by atomic mass is 10.2. The summed E-state index contributed by atoms with van der Waals surface area (Å²) in [6.45, 7) is -3.20. The van der Waals surface area contributed by atoms with Gasteiger partial charge in [0.2, 0.25) is 5.95 Å². The SMILES string of the molecule is Nc1ccn([C@H]2C[C@@H](OP(=O)(O)OC[C@H]3O[C@@H](n4cnc5c(=O)[nH]c(N)nc54)C[C@H]3OP(=O)(O)OC[C@@H]3CC[C@H](n4cnc5c(N)ncnc54)O3)[C@@H](COP(=O)(O)O[C@@H]3C[C@H](n4cnc5c(N)ncnc54)O[C@@H]3COP(=O)(O)O)O2)c(=O)n1. The van der Waals surface area contributed by atoms with Crippen molar-refractivity contribution < 1.29 is 93.3 Å². The van der Waals surface area contributed by atoms with Gasteiger partial charge in [0, 0.05) is 25.5 Å². The molecule has 0 aliphatic carbocycles. The first-order valence-corrected chi connectivity index (χ1v) is 30.6. The van der Waals surface area contributed by atoms with Gasteiger partial charge >= 0.3 is 37.0 Å². The highest BCUT2D eigenvalue weighted by atomic mass is 31.2. The van der Waals surface area contributed by atoms with Crippen LogP contribution in [0.25, 0.3) is 33.5 Å². The van der Waals surface area contributed by atoms with E-state index in [1.165, 1.54) is 46.7 Å². The molecule has 4 saturated heterocycles. The van der Waals surface area contributed by atoms with Crippen molar-refractivity contribution in [2.45, 2.75) is 99.7 Å².